The number of benzene rings is 1. The Labute approximate surface area is 154 Å². The van der Waals surface area contributed by atoms with Gasteiger partial charge in [0.1, 0.15) is 5.75 Å². The average Bonchev–Trinajstić information content (AvgIpc) is 3.02. The number of nitrogens with zero attached hydrogens (tertiary/aromatic N) is 2. The van der Waals surface area contributed by atoms with Gasteiger partial charge in [-0.3, -0.25) is 4.68 Å². The van der Waals surface area contributed by atoms with Crippen molar-refractivity contribution >= 4 is 11.7 Å². The van der Waals surface area contributed by atoms with E-state index in [4.69, 9.17) is 4.74 Å². The molecule has 0 aliphatic heterocycles. The quantitative estimate of drug-likeness (QED) is 0.830. The summed E-state index contributed by atoms with van der Waals surface area (Å²) in [5.74, 6) is 0.671. The molecule has 0 fully saturated rings. The molecular formula is C18H21F3N4O2. The first-order valence-corrected chi connectivity index (χ1v) is 8.73. The van der Waals surface area contributed by atoms with Gasteiger partial charge >= 0.3 is 12.2 Å². The van der Waals surface area contributed by atoms with E-state index in [0.717, 1.165) is 12.8 Å². The molecule has 3 rings (SSSR count). The van der Waals surface area contributed by atoms with Gasteiger partial charge in [0, 0.05) is 23.5 Å². The highest BCUT2D eigenvalue weighted by Gasteiger charge is 2.39. The Hall–Kier alpha value is -2.71. The molecule has 1 aliphatic carbocycles. The molecule has 0 unspecified atom stereocenters. The van der Waals surface area contributed by atoms with Gasteiger partial charge in [0.2, 0.25) is 0 Å². The van der Waals surface area contributed by atoms with Crippen molar-refractivity contribution in [2.24, 2.45) is 0 Å². The smallest absolute Gasteiger partial charge is 0.435 e. The second kappa shape index (κ2) is 7.89. The van der Waals surface area contributed by atoms with Gasteiger partial charge in [-0.25, -0.2) is 4.79 Å². The molecule has 1 heterocycles. The number of hydrogen-bond acceptors (Lipinski definition) is 3. The Kier molecular flexibility index (Phi) is 5.57. The summed E-state index contributed by atoms with van der Waals surface area (Å²) in [4.78, 5) is 11.9. The maximum absolute atomic E-state index is 13.2. The molecule has 0 saturated heterocycles. The number of nitrogens with one attached hydrogen (secondary N) is 2. The first-order chi connectivity index (χ1) is 12.9. The topological polar surface area (TPSA) is 68.2 Å². The third kappa shape index (κ3) is 4.53. The zero-order chi connectivity index (χ0) is 19.4. The first-order valence-electron chi connectivity index (χ1n) is 8.73. The molecule has 2 aromatic rings. The van der Waals surface area contributed by atoms with Crippen molar-refractivity contribution in [2.75, 3.05) is 19.0 Å². The molecule has 0 spiro atoms. The maximum atomic E-state index is 13.2. The van der Waals surface area contributed by atoms with Crippen LogP contribution in [0.2, 0.25) is 0 Å². The Balaban J connectivity index is 1.58. The molecule has 9 heteroatoms. The third-order valence-corrected chi connectivity index (χ3v) is 4.48. The van der Waals surface area contributed by atoms with Crippen LogP contribution in [-0.4, -0.2) is 29.5 Å². The number of aromatic nitrogens is 2. The summed E-state index contributed by atoms with van der Waals surface area (Å²) in [5.41, 5.74) is 0.728. The summed E-state index contributed by atoms with van der Waals surface area (Å²) in [5, 5.41) is 9.06. The van der Waals surface area contributed by atoms with E-state index in [1.165, 1.54) is 4.68 Å². The molecule has 2 N–H and O–H groups in total. The van der Waals surface area contributed by atoms with Gasteiger partial charge in [-0.15, -0.1) is 0 Å². The van der Waals surface area contributed by atoms with Crippen LogP contribution in [0.5, 0.6) is 5.75 Å². The van der Waals surface area contributed by atoms with E-state index in [1.807, 2.05) is 0 Å². The highest BCUT2D eigenvalue weighted by Crippen LogP contribution is 2.35. The lowest BCUT2D eigenvalue weighted by atomic mass is 9.95. The molecule has 1 aromatic heterocycles. The SMILES string of the molecule is COc1ccc(NC(=O)NCCn2nc(C(F)(F)F)c3c2CCCC3)cc1. The monoisotopic (exact) mass is 382 g/mol. The minimum atomic E-state index is -4.45. The van der Waals surface area contributed by atoms with Crippen molar-refractivity contribution in [3.63, 3.8) is 0 Å². The Bertz CT molecular complexity index is 800. The second-order valence-corrected chi connectivity index (χ2v) is 6.31. The molecule has 6 nitrogen and oxygen atoms in total. The van der Waals surface area contributed by atoms with E-state index in [0.29, 0.717) is 35.5 Å². The van der Waals surface area contributed by atoms with Gasteiger partial charge < -0.3 is 15.4 Å². The maximum Gasteiger partial charge on any atom is 0.435 e. The highest BCUT2D eigenvalue weighted by molar-refractivity contribution is 5.89. The van der Waals surface area contributed by atoms with Gasteiger partial charge in [0.25, 0.3) is 0 Å². The van der Waals surface area contributed by atoms with E-state index in [1.54, 1.807) is 31.4 Å². The van der Waals surface area contributed by atoms with Crippen LogP contribution in [0.15, 0.2) is 24.3 Å². The van der Waals surface area contributed by atoms with Crippen LogP contribution < -0.4 is 15.4 Å². The standard InChI is InChI=1S/C18H21F3N4O2/c1-27-13-8-6-12(7-9-13)23-17(26)22-10-11-25-15-5-3-2-4-14(15)16(24-25)18(19,20)21/h6-9H,2-5,10-11H2,1H3,(H2,22,23,26). The number of carbonyl (C=O) groups is 1. The van der Waals surface area contributed by atoms with Crippen LogP contribution in [0.3, 0.4) is 0 Å². The summed E-state index contributed by atoms with van der Waals surface area (Å²) < 4.78 is 45.9. The van der Waals surface area contributed by atoms with Crippen molar-refractivity contribution in [1.82, 2.24) is 15.1 Å². The molecule has 0 bridgehead atoms. The van der Waals surface area contributed by atoms with E-state index in [9.17, 15) is 18.0 Å². The van der Waals surface area contributed by atoms with Crippen LogP contribution >= 0.6 is 0 Å². The minimum absolute atomic E-state index is 0.174. The molecule has 2 amide bonds. The van der Waals surface area contributed by atoms with E-state index in [-0.39, 0.29) is 13.1 Å². The predicted molar refractivity (Wildman–Crippen MR) is 93.9 cm³/mol. The van der Waals surface area contributed by atoms with E-state index >= 15 is 0 Å². The fourth-order valence-corrected chi connectivity index (χ4v) is 3.21. The molecule has 0 saturated carbocycles. The number of alkyl halides is 3. The summed E-state index contributed by atoms with van der Waals surface area (Å²) in [6, 6.07) is 6.38. The number of methoxy groups -OCH3 is 1. The largest absolute Gasteiger partial charge is 0.497 e. The van der Waals surface area contributed by atoms with Crippen molar-refractivity contribution < 1.29 is 22.7 Å². The molecule has 146 valence electrons. The zero-order valence-corrected chi connectivity index (χ0v) is 14.9. The number of hydrogen-bond donors (Lipinski definition) is 2. The first kappa shape index (κ1) is 19.1. The number of fused-ring (bicyclic) bond motifs is 1. The number of carbonyl (C=O) groups excluding carboxylic acids is 1. The highest BCUT2D eigenvalue weighted by atomic mass is 19.4. The van der Waals surface area contributed by atoms with Crippen molar-refractivity contribution in [1.29, 1.82) is 0 Å². The van der Waals surface area contributed by atoms with Gasteiger partial charge in [0.15, 0.2) is 5.69 Å². The van der Waals surface area contributed by atoms with Crippen LogP contribution in [0, 0.1) is 0 Å². The molecule has 0 atom stereocenters. The third-order valence-electron chi connectivity index (χ3n) is 4.48. The summed E-state index contributed by atoms with van der Waals surface area (Å²) in [6.45, 7) is 0.363. The van der Waals surface area contributed by atoms with Crippen molar-refractivity contribution in [2.45, 2.75) is 38.4 Å². The van der Waals surface area contributed by atoms with Gasteiger partial charge in [0.05, 0.1) is 13.7 Å². The fourth-order valence-electron chi connectivity index (χ4n) is 3.21. The summed E-state index contributed by atoms with van der Waals surface area (Å²) in [7, 11) is 1.55. The van der Waals surface area contributed by atoms with Crippen LogP contribution in [0.4, 0.5) is 23.7 Å². The molecular weight excluding hydrogens is 361 g/mol. The second-order valence-electron chi connectivity index (χ2n) is 6.31. The van der Waals surface area contributed by atoms with Crippen LogP contribution in [-0.2, 0) is 25.6 Å². The Morgan fingerprint density at radius 2 is 1.93 bits per heavy atom. The van der Waals surface area contributed by atoms with E-state index in [2.05, 4.69) is 15.7 Å². The lowest BCUT2D eigenvalue weighted by Gasteiger charge is -2.15. The lowest BCUT2D eigenvalue weighted by Crippen LogP contribution is -2.32. The summed E-state index contributed by atoms with van der Waals surface area (Å²) in [6.07, 6.45) is -1.89. The number of amides is 2. The summed E-state index contributed by atoms with van der Waals surface area (Å²) >= 11 is 0. The Morgan fingerprint density at radius 1 is 1.22 bits per heavy atom. The van der Waals surface area contributed by atoms with Gasteiger partial charge in [-0.2, -0.15) is 18.3 Å². The number of urea groups is 1. The van der Waals surface area contributed by atoms with Gasteiger partial charge in [-0.05, 0) is 49.9 Å². The number of anilines is 1. The molecule has 1 aliphatic rings. The van der Waals surface area contributed by atoms with Crippen molar-refractivity contribution in [3.8, 4) is 5.75 Å². The average molecular weight is 382 g/mol. The van der Waals surface area contributed by atoms with Gasteiger partial charge in [-0.1, -0.05) is 0 Å². The molecule has 1 aromatic carbocycles. The van der Waals surface area contributed by atoms with Crippen LogP contribution in [0.1, 0.15) is 29.8 Å². The normalized spacial score (nSPS) is 13.8. The number of ether oxygens (including phenoxy) is 1. The molecule has 27 heavy (non-hydrogen) atoms. The zero-order valence-electron chi connectivity index (χ0n) is 14.9. The number of halogens is 3. The van der Waals surface area contributed by atoms with Crippen LogP contribution in [0.25, 0.3) is 0 Å². The van der Waals surface area contributed by atoms with Crippen molar-refractivity contribution in [3.05, 3.63) is 41.2 Å². The molecule has 0 radical (unpaired) electrons. The minimum Gasteiger partial charge on any atom is -0.497 e. The predicted octanol–water partition coefficient (Wildman–Crippen LogP) is 3.61. The Morgan fingerprint density at radius 3 is 2.59 bits per heavy atom. The fraction of sp³-hybridized carbons (Fsp3) is 0.444. The van der Waals surface area contributed by atoms with E-state index < -0.39 is 17.9 Å². The lowest BCUT2D eigenvalue weighted by molar-refractivity contribution is -0.142. The number of rotatable bonds is 5.